The molecule has 63 heavy (non-hydrogen) atoms. The van der Waals surface area contributed by atoms with Gasteiger partial charge < -0.3 is 35.1 Å². The number of likely N-dealkylation sites (tertiary alicyclic amines) is 1. The van der Waals surface area contributed by atoms with Crippen molar-refractivity contribution in [3.05, 3.63) is 159 Å². The Morgan fingerprint density at radius 2 is 1.60 bits per heavy atom. The van der Waals surface area contributed by atoms with Gasteiger partial charge in [0.15, 0.2) is 5.78 Å². The maximum Gasteiger partial charge on any atom is 0.411 e. The molecule has 12 nitrogen and oxygen atoms in total. The molecule has 5 N–H and O–H groups in total. The molecule has 2 heterocycles. The van der Waals surface area contributed by atoms with Crippen molar-refractivity contribution in [2.75, 3.05) is 43.4 Å². The molecule has 2 amide bonds. The van der Waals surface area contributed by atoms with Crippen molar-refractivity contribution in [2.45, 2.75) is 64.2 Å². The standard InChI is InChI=1S/C51H55N5O7/c1-33-13-18-38(46(58)30-36-16-14-35(15-17-36)29-34(2)52-32-47(59)41-19-21-45(57)50-42(41)20-22-48(60)54-50)31-44(33)55(3)49(61)25-28-56-26-23-39(24-27-56)63-51(62)53-43-12-8-7-11-40(43)37-9-5-4-6-10-37/h4-22,31,34,39,47,52,57,59H,23-30,32H2,1-3H3,(H,53,62)(H,54,60)/t34?,47-/m0/s1. The Balaban J connectivity index is 0.843. The summed E-state index contributed by atoms with van der Waals surface area (Å²) in [7, 11) is 1.75. The second-order valence-electron chi connectivity index (χ2n) is 16.4. The lowest BCUT2D eigenvalue weighted by Crippen LogP contribution is -2.40. The molecule has 1 fully saturated rings. The molecular weight excluding hydrogens is 795 g/mol. The zero-order valence-corrected chi connectivity index (χ0v) is 36.0. The number of rotatable bonds is 16. The number of Topliss-reactive ketones (excluding diaryl/α,β-unsaturated/α-hetero) is 1. The van der Waals surface area contributed by atoms with E-state index in [0.29, 0.717) is 78.7 Å². The molecule has 0 aliphatic carbocycles. The Kier molecular flexibility index (Phi) is 14.5. The number of fused-ring (bicyclic) bond motifs is 1. The number of phenols is 1. The van der Waals surface area contributed by atoms with Crippen molar-refractivity contribution < 1.29 is 29.3 Å². The highest BCUT2D eigenvalue weighted by molar-refractivity contribution is 6.00. The first-order valence-corrected chi connectivity index (χ1v) is 21.5. The van der Waals surface area contributed by atoms with Gasteiger partial charge in [0.1, 0.15) is 11.9 Å². The molecule has 6 aromatic rings. The van der Waals surface area contributed by atoms with Gasteiger partial charge in [-0.3, -0.25) is 19.7 Å². The number of H-pyrrole nitrogens is 1. The number of para-hydroxylation sites is 1. The summed E-state index contributed by atoms with van der Waals surface area (Å²) in [5, 5.41) is 28.0. The van der Waals surface area contributed by atoms with Crippen LogP contribution in [0.5, 0.6) is 5.75 Å². The summed E-state index contributed by atoms with van der Waals surface area (Å²) >= 11 is 0. The van der Waals surface area contributed by atoms with Gasteiger partial charge in [0.25, 0.3) is 0 Å². The number of aromatic amines is 1. The van der Waals surface area contributed by atoms with Crippen molar-refractivity contribution in [3.63, 3.8) is 0 Å². The van der Waals surface area contributed by atoms with Crippen LogP contribution in [0.1, 0.15) is 64.9 Å². The molecule has 5 aromatic carbocycles. The van der Waals surface area contributed by atoms with E-state index in [1.807, 2.05) is 105 Å². The average molecular weight is 850 g/mol. The number of aliphatic hydroxyl groups excluding tert-OH is 1. The molecule has 0 saturated carbocycles. The molecule has 7 rings (SSSR count). The number of nitrogens with zero attached hydrogens (tertiary/aromatic N) is 2. The SMILES string of the molecule is Cc1ccc(C(=O)Cc2ccc(CC(C)NC[C@H](O)c3ccc(O)c4[nH]c(=O)ccc34)cc2)cc1N(C)C(=O)CCN1CCC(OC(=O)Nc2ccccc2-c2ccccc2)CC1. The van der Waals surface area contributed by atoms with Gasteiger partial charge in [0.2, 0.25) is 11.5 Å². The van der Waals surface area contributed by atoms with Crippen molar-refractivity contribution >= 4 is 40.1 Å². The van der Waals surface area contributed by atoms with Crippen LogP contribution in [-0.2, 0) is 22.4 Å². The number of piperidine rings is 1. The number of carbonyl (C=O) groups excluding carboxylic acids is 3. The van der Waals surface area contributed by atoms with Crippen LogP contribution >= 0.6 is 0 Å². The number of aromatic nitrogens is 1. The van der Waals surface area contributed by atoms with Gasteiger partial charge in [-0.25, -0.2) is 4.79 Å². The molecule has 0 spiro atoms. The van der Waals surface area contributed by atoms with Crippen LogP contribution < -0.4 is 21.1 Å². The molecule has 326 valence electrons. The number of pyridine rings is 1. The van der Waals surface area contributed by atoms with Crippen LogP contribution in [0.15, 0.2) is 126 Å². The highest BCUT2D eigenvalue weighted by Gasteiger charge is 2.24. The van der Waals surface area contributed by atoms with Gasteiger partial charge in [-0.2, -0.15) is 0 Å². The quantitative estimate of drug-likeness (QED) is 0.0608. The highest BCUT2D eigenvalue weighted by atomic mass is 16.6. The minimum atomic E-state index is -0.858. The van der Waals surface area contributed by atoms with Crippen molar-refractivity contribution in [2.24, 2.45) is 0 Å². The lowest BCUT2D eigenvalue weighted by atomic mass is 9.98. The zero-order valence-electron chi connectivity index (χ0n) is 36.0. The smallest absolute Gasteiger partial charge is 0.411 e. The number of ketones is 1. The summed E-state index contributed by atoms with van der Waals surface area (Å²) in [6.07, 6.45) is 1.05. The number of aliphatic hydroxyl groups is 1. The normalized spacial score (nSPS) is 14.2. The Labute approximate surface area is 367 Å². The Hall–Kier alpha value is -6.60. The van der Waals surface area contributed by atoms with E-state index >= 15 is 0 Å². The number of amides is 2. The average Bonchev–Trinajstić information content (AvgIpc) is 3.29. The fraction of sp³-hybridized carbons (Fsp3) is 0.294. The van der Waals surface area contributed by atoms with E-state index in [2.05, 4.69) is 20.5 Å². The fourth-order valence-corrected chi connectivity index (χ4v) is 8.18. The number of aromatic hydroxyl groups is 1. The van der Waals surface area contributed by atoms with Gasteiger partial charge in [0, 0.05) is 80.4 Å². The van der Waals surface area contributed by atoms with E-state index in [1.54, 1.807) is 30.1 Å². The van der Waals surface area contributed by atoms with Crippen LogP contribution in [-0.4, -0.2) is 83.3 Å². The second-order valence-corrected chi connectivity index (χ2v) is 16.4. The molecular formula is C51H55N5O7. The monoisotopic (exact) mass is 849 g/mol. The number of carbonyl (C=O) groups is 3. The third-order valence-electron chi connectivity index (χ3n) is 11.8. The first-order chi connectivity index (χ1) is 30.4. The fourth-order valence-electron chi connectivity index (χ4n) is 8.18. The Morgan fingerprint density at radius 3 is 2.37 bits per heavy atom. The molecule has 1 saturated heterocycles. The summed E-state index contributed by atoms with van der Waals surface area (Å²) in [5.41, 5.74) is 7.30. The van der Waals surface area contributed by atoms with Crippen LogP contribution in [0.3, 0.4) is 0 Å². The number of nitrogens with one attached hydrogen (secondary N) is 3. The first-order valence-electron chi connectivity index (χ1n) is 21.5. The van der Waals surface area contributed by atoms with Gasteiger partial charge >= 0.3 is 6.09 Å². The maximum atomic E-state index is 13.5. The summed E-state index contributed by atoms with van der Waals surface area (Å²) in [6.45, 7) is 6.25. The van der Waals surface area contributed by atoms with Crippen molar-refractivity contribution in [1.29, 1.82) is 0 Å². The van der Waals surface area contributed by atoms with Crippen LogP contribution in [0.2, 0.25) is 0 Å². The lowest BCUT2D eigenvalue weighted by Gasteiger charge is -2.32. The first kappa shape index (κ1) is 44.5. The predicted molar refractivity (Wildman–Crippen MR) is 247 cm³/mol. The number of benzene rings is 5. The summed E-state index contributed by atoms with van der Waals surface area (Å²) in [6, 6.07) is 37.1. The molecule has 0 bridgehead atoms. The number of hydrogen-bond donors (Lipinski definition) is 5. The zero-order chi connectivity index (χ0) is 44.5. The van der Waals surface area contributed by atoms with E-state index < -0.39 is 12.2 Å². The maximum absolute atomic E-state index is 13.5. The number of anilines is 2. The molecule has 12 heteroatoms. The molecule has 1 aliphatic rings. The molecule has 1 aliphatic heterocycles. The van der Waals surface area contributed by atoms with Gasteiger partial charge in [-0.05, 0) is 85.2 Å². The summed E-state index contributed by atoms with van der Waals surface area (Å²) in [4.78, 5) is 58.1. The van der Waals surface area contributed by atoms with E-state index in [1.165, 1.54) is 12.1 Å². The van der Waals surface area contributed by atoms with Crippen molar-refractivity contribution in [3.8, 4) is 16.9 Å². The second kappa shape index (κ2) is 20.5. The lowest BCUT2D eigenvalue weighted by molar-refractivity contribution is -0.118. The third-order valence-corrected chi connectivity index (χ3v) is 11.8. The van der Waals surface area contributed by atoms with Crippen LogP contribution in [0.25, 0.3) is 22.0 Å². The van der Waals surface area contributed by atoms with E-state index in [9.17, 15) is 29.4 Å². The predicted octanol–water partition coefficient (Wildman–Crippen LogP) is 7.95. The molecule has 2 atom stereocenters. The van der Waals surface area contributed by atoms with Crippen LogP contribution in [0.4, 0.5) is 16.2 Å². The number of hydrogen-bond acceptors (Lipinski definition) is 9. The minimum absolute atomic E-state index is 0.0305. The van der Waals surface area contributed by atoms with E-state index in [4.69, 9.17) is 4.74 Å². The topological polar surface area (TPSA) is 164 Å². The van der Waals surface area contributed by atoms with Gasteiger partial charge in [-0.1, -0.05) is 91.0 Å². The number of ether oxygens (including phenoxy) is 1. The van der Waals surface area contributed by atoms with Crippen molar-refractivity contribution in [1.82, 2.24) is 15.2 Å². The molecule has 1 aromatic heterocycles. The highest BCUT2D eigenvalue weighted by Crippen LogP contribution is 2.30. The van der Waals surface area contributed by atoms with E-state index in [-0.39, 0.29) is 48.1 Å². The van der Waals surface area contributed by atoms with E-state index in [0.717, 1.165) is 27.8 Å². The van der Waals surface area contributed by atoms with Crippen LogP contribution in [0, 0.1) is 6.92 Å². The van der Waals surface area contributed by atoms with Gasteiger partial charge in [0.05, 0.1) is 17.3 Å². The third kappa shape index (κ3) is 11.5. The number of phenolic OH excluding ortho intramolecular Hbond substituents is 1. The van der Waals surface area contributed by atoms with Gasteiger partial charge in [-0.15, -0.1) is 0 Å². The Bertz CT molecular complexity index is 2600. The summed E-state index contributed by atoms with van der Waals surface area (Å²) < 4.78 is 5.80. The minimum Gasteiger partial charge on any atom is -0.506 e. The molecule has 1 unspecified atom stereocenters. The molecule has 0 radical (unpaired) electrons. The Morgan fingerprint density at radius 1 is 0.889 bits per heavy atom. The number of aryl methyl sites for hydroxylation is 1. The summed E-state index contributed by atoms with van der Waals surface area (Å²) in [5.74, 6) is -0.139. The largest absolute Gasteiger partial charge is 0.506 e.